The van der Waals surface area contributed by atoms with E-state index in [4.69, 9.17) is 0 Å². The molecular formula is C26H25N3O3. The van der Waals surface area contributed by atoms with Crippen LogP contribution in [0.15, 0.2) is 54.1 Å². The molecule has 0 aliphatic carbocycles. The van der Waals surface area contributed by atoms with Gasteiger partial charge in [-0.15, -0.1) is 0 Å². The van der Waals surface area contributed by atoms with Crippen molar-refractivity contribution in [2.45, 2.75) is 34.6 Å². The van der Waals surface area contributed by atoms with Gasteiger partial charge in [-0.05, 0) is 87.2 Å². The van der Waals surface area contributed by atoms with E-state index in [2.05, 4.69) is 41.9 Å². The quantitative estimate of drug-likeness (QED) is 0.487. The van der Waals surface area contributed by atoms with Gasteiger partial charge in [-0.3, -0.25) is 14.9 Å². The summed E-state index contributed by atoms with van der Waals surface area (Å²) in [5.41, 5.74) is 7.18. The van der Waals surface area contributed by atoms with Crippen molar-refractivity contribution in [3.63, 3.8) is 0 Å². The average molecular weight is 428 g/mol. The van der Waals surface area contributed by atoms with Crippen LogP contribution in [-0.2, 0) is 9.59 Å². The summed E-state index contributed by atoms with van der Waals surface area (Å²) >= 11 is 0. The third-order valence-electron chi connectivity index (χ3n) is 5.98. The third kappa shape index (κ3) is 3.54. The molecule has 2 aromatic carbocycles. The van der Waals surface area contributed by atoms with Crippen molar-refractivity contribution in [3.8, 4) is 5.69 Å². The summed E-state index contributed by atoms with van der Waals surface area (Å²) in [6.45, 7) is 9.88. The fourth-order valence-electron chi connectivity index (χ4n) is 4.04. The van der Waals surface area contributed by atoms with Crippen LogP contribution >= 0.6 is 0 Å². The number of imide groups is 2. The summed E-state index contributed by atoms with van der Waals surface area (Å²) in [5.74, 6) is -1.33. The van der Waals surface area contributed by atoms with Crippen LogP contribution in [0.5, 0.6) is 0 Å². The highest BCUT2D eigenvalue weighted by molar-refractivity contribution is 6.39. The summed E-state index contributed by atoms with van der Waals surface area (Å²) in [6.07, 6.45) is 1.56. The number of aryl methyl sites for hydroxylation is 4. The lowest BCUT2D eigenvalue weighted by atomic mass is 10.1. The van der Waals surface area contributed by atoms with Gasteiger partial charge in [0.1, 0.15) is 5.57 Å². The van der Waals surface area contributed by atoms with E-state index in [1.54, 1.807) is 18.2 Å². The van der Waals surface area contributed by atoms with Crippen LogP contribution in [0.2, 0.25) is 0 Å². The van der Waals surface area contributed by atoms with E-state index in [-0.39, 0.29) is 5.57 Å². The minimum absolute atomic E-state index is 0.0758. The zero-order valence-electron chi connectivity index (χ0n) is 18.8. The number of carbonyl (C=O) groups excluding carboxylic acids is 3. The van der Waals surface area contributed by atoms with E-state index in [0.717, 1.165) is 33.1 Å². The molecule has 1 aliphatic rings. The number of para-hydroxylation sites is 1. The zero-order chi connectivity index (χ0) is 23.2. The Morgan fingerprint density at radius 2 is 1.53 bits per heavy atom. The van der Waals surface area contributed by atoms with E-state index in [9.17, 15) is 14.4 Å². The van der Waals surface area contributed by atoms with Gasteiger partial charge in [-0.1, -0.05) is 24.3 Å². The van der Waals surface area contributed by atoms with Crippen LogP contribution < -0.4 is 10.2 Å². The molecule has 0 bridgehead atoms. The van der Waals surface area contributed by atoms with Gasteiger partial charge in [-0.2, -0.15) is 0 Å². The number of hydrogen-bond donors (Lipinski definition) is 1. The Labute approximate surface area is 187 Å². The second-order valence-electron chi connectivity index (χ2n) is 8.17. The highest BCUT2D eigenvalue weighted by atomic mass is 16.2. The molecule has 32 heavy (non-hydrogen) atoms. The van der Waals surface area contributed by atoms with Gasteiger partial charge < -0.3 is 4.57 Å². The summed E-state index contributed by atoms with van der Waals surface area (Å²) in [7, 11) is 0. The fraction of sp³-hybridized carbons (Fsp3) is 0.192. The van der Waals surface area contributed by atoms with Crippen LogP contribution in [0.3, 0.4) is 0 Å². The molecule has 0 radical (unpaired) electrons. The maximum Gasteiger partial charge on any atom is 0.335 e. The number of benzene rings is 2. The fourth-order valence-corrected chi connectivity index (χ4v) is 4.04. The van der Waals surface area contributed by atoms with Crippen LogP contribution in [0, 0.1) is 34.6 Å². The Morgan fingerprint density at radius 1 is 0.812 bits per heavy atom. The van der Waals surface area contributed by atoms with Crippen LogP contribution in [-0.4, -0.2) is 22.4 Å². The topological polar surface area (TPSA) is 71.4 Å². The summed E-state index contributed by atoms with van der Waals surface area (Å²) in [6, 6.07) is 14.5. The zero-order valence-corrected chi connectivity index (χ0v) is 18.8. The molecule has 6 nitrogen and oxygen atoms in total. The van der Waals surface area contributed by atoms with Crippen molar-refractivity contribution >= 4 is 29.6 Å². The molecule has 6 heteroatoms. The molecule has 1 saturated heterocycles. The Kier molecular flexibility index (Phi) is 5.30. The van der Waals surface area contributed by atoms with Crippen LogP contribution in [0.25, 0.3) is 11.8 Å². The second-order valence-corrected chi connectivity index (χ2v) is 8.17. The van der Waals surface area contributed by atoms with E-state index in [0.29, 0.717) is 5.69 Å². The number of amides is 4. The van der Waals surface area contributed by atoms with Crippen LogP contribution in [0.1, 0.15) is 33.6 Å². The van der Waals surface area contributed by atoms with E-state index in [1.165, 1.54) is 11.1 Å². The van der Waals surface area contributed by atoms with Gasteiger partial charge >= 0.3 is 6.03 Å². The molecular weight excluding hydrogens is 402 g/mol. The first-order valence-electron chi connectivity index (χ1n) is 10.4. The molecule has 1 aliphatic heterocycles. The molecule has 0 unspecified atom stereocenters. The maximum absolute atomic E-state index is 13.2. The highest BCUT2D eigenvalue weighted by Gasteiger charge is 2.37. The number of nitrogens with one attached hydrogen (secondary N) is 1. The van der Waals surface area contributed by atoms with E-state index in [1.807, 2.05) is 39.0 Å². The molecule has 3 aromatic rings. The number of anilines is 1. The number of hydrogen-bond acceptors (Lipinski definition) is 3. The molecule has 0 saturated carbocycles. The van der Waals surface area contributed by atoms with Gasteiger partial charge in [0, 0.05) is 17.1 Å². The Morgan fingerprint density at radius 3 is 2.22 bits per heavy atom. The van der Waals surface area contributed by atoms with Crippen molar-refractivity contribution in [1.29, 1.82) is 0 Å². The first-order chi connectivity index (χ1) is 15.2. The summed E-state index contributed by atoms with van der Waals surface area (Å²) < 4.78 is 2.09. The average Bonchev–Trinajstić information content (AvgIpc) is 3.01. The number of carbonyl (C=O) groups is 3. The van der Waals surface area contributed by atoms with Crippen molar-refractivity contribution in [1.82, 2.24) is 9.88 Å². The lowest BCUT2D eigenvalue weighted by Crippen LogP contribution is -2.54. The normalized spacial score (nSPS) is 15.5. The van der Waals surface area contributed by atoms with E-state index >= 15 is 0 Å². The minimum Gasteiger partial charge on any atom is -0.318 e. The minimum atomic E-state index is -0.743. The monoisotopic (exact) mass is 427 g/mol. The van der Waals surface area contributed by atoms with Crippen molar-refractivity contribution in [3.05, 3.63) is 87.7 Å². The second kappa shape index (κ2) is 7.96. The lowest BCUT2D eigenvalue weighted by molar-refractivity contribution is -0.122. The van der Waals surface area contributed by atoms with Gasteiger partial charge in [0.05, 0.1) is 5.69 Å². The number of aromatic nitrogens is 1. The molecule has 4 amide bonds. The molecule has 162 valence electrons. The Balaban J connectivity index is 1.78. The van der Waals surface area contributed by atoms with Gasteiger partial charge in [-0.25, -0.2) is 9.69 Å². The molecule has 0 atom stereocenters. The predicted molar refractivity (Wildman–Crippen MR) is 125 cm³/mol. The van der Waals surface area contributed by atoms with Crippen LogP contribution in [0.4, 0.5) is 10.5 Å². The highest BCUT2D eigenvalue weighted by Crippen LogP contribution is 2.28. The maximum atomic E-state index is 13.2. The Bertz CT molecular complexity index is 1310. The largest absolute Gasteiger partial charge is 0.335 e. The molecule has 1 fully saturated rings. The molecule has 4 rings (SSSR count). The number of nitrogens with zero attached hydrogens (tertiary/aromatic N) is 2. The van der Waals surface area contributed by atoms with Gasteiger partial charge in [0.15, 0.2) is 0 Å². The van der Waals surface area contributed by atoms with Crippen molar-refractivity contribution in [2.24, 2.45) is 0 Å². The predicted octanol–water partition coefficient (Wildman–Crippen LogP) is 4.69. The lowest BCUT2D eigenvalue weighted by Gasteiger charge is -2.27. The van der Waals surface area contributed by atoms with Gasteiger partial charge in [0.25, 0.3) is 11.8 Å². The first-order valence-corrected chi connectivity index (χ1v) is 10.4. The standard InChI is InChI=1S/C26H25N3O3/c1-15-10-11-21(12-17(15)3)28-18(4)13-20(19(28)5)14-22-24(30)27-26(32)29(25(22)31)23-9-7-6-8-16(23)2/h6-14H,1-5H3,(H,27,30,32)/b22-14+. The first kappa shape index (κ1) is 21.3. The van der Waals surface area contributed by atoms with E-state index < -0.39 is 17.8 Å². The SMILES string of the molecule is Cc1ccc(-n2c(C)cc(/C=C3\C(=O)NC(=O)N(c4ccccc4C)C3=O)c2C)cc1C. The van der Waals surface area contributed by atoms with Gasteiger partial charge in [0.2, 0.25) is 0 Å². The van der Waals surface area contributed by atoms with Crippen molar-refractivity contribution in [2.75, 3.05) is 4.90 Å². The number of barbiturate groups is 1. The molecule has 2 heterocycles. The smallest absolute Gasteiger partial charge is 0.318 e. The number of urea groups is 1. The number of rotatable bonds is 3. The van der Waals surface area contributed by atoms with Crippen molar-refractivity contribution < 1.29 is 14.4 Å². The summed E-state index contributed by atoms with van der Waals surface area (Å²) in [5, 5.41) is 2.29. The molecule has 0 spiro atoms. The third-order valence-corrected chi connectivity index (χ3v) is 5.98. The summed E-state index contributed by atoms with van der Waals surface area (Å²) in [4.78, 5) is 39.3. The molecule has 1 aromatic heterocycles. The molecule has 1 N–H and O–H groups in total. The Hall–Kier alpha value is -3.93.